The van der Waals surface area contributed by atoms with Gasteiger partial charge in [-0.1, -0.05) is 6.08 Å². The number of nitrogens with zero attached hydrogens (tertiary/aromatic N) is 4. The number of nitrogens with one attached hydrogen (secondary N) is 2. The Morgan fingerprint density at radius 3 is 2.65 bits per heavy atom. The molecule has 0 aliphatic carbocycles. The summed E-state index contributed by atoms with van der Waals surface area (Å²) in [5, 5.41) is 3.07. The molecule has 2 fully saturated rings. The zero-order valence-electron chi connectivity index (χ0n) is 20.6. The minimum absolute atomic E-state index is 0.0121. The second kappa shape index (κ2) is 10.8. The van der Waals surface area contributed by atoms with E-state index in [9.17, 15) is 9.18 Å². The number of rotatable bonds is 7. The van der Waals surface area contributed by atoms with Crippen LogP contribution >= 0.6 is 0 Å². The topological polar surface area (TPSA) is 114 Å². The van der Waals surface area contributed by atoms with Crippen LogP contribution in [0.4, 0.5) is 10.3 Å². The van der Waals surface area contributed by atoms with E-state index in [0.717, 1.165) is 0 Å². The lowest BCUT2D eigenvalue weighted by molar-refractivity contribution is -0.235. The number of carbonyl (C=O) groups is 1. The molecule has 11 heteroatoms. The molecule has 2 aromatic heterocycles. The van der Waals surface area contributed by atoms with Gasteiger partial charge in [-0.2, -0.15) is 0 Å². The molecule has 0 saturated carbocycles. The first-order valence-electron chi connectivity index (χ1n) is 12.1. The van der Waals surface area contributed by atoms with Gasteiger partial charge in [-0.05, 0) is 37.3 Å². The number of benzene rings is 1. The summed E-state index contributed by atoms with van der Waals surface area (Å²) in [7, 11) is 0. The fourth-order valence-corrected chi connectivity index (χ4v) is 4.29. The fraction of sp³-hybridized carbons (Fsp3) is 0.385. The summed E-state index contributed by atoms with van der Waals surface area (Å²) in [6.45, 7) is 8.58. The number of aromatic amines is 1. The molecule has 0 spiro atoms. The van der Waals surface area contributed by atoms with Gasteiger partial charge >= 0.3 is 0 Å². The summed E-state index contributed by atoms with van der Waals surface area (Å²) in [5.74, 6) is 0.500. The van der Waals surface area contributed by atoms with E-state index in [1.807, 2.05) is 6.92 Å². The van der Waals surface area contributed by atoms with Crippen LogP contribution in [-0.4, -0.2) is 76.8 Å². The van der Waals surface area contributed by atoms with Gasteiger partial charge in [-0.3, -0.25) is 4.79 Å². The van der Waals surface area contributed by atoms with Gasteiger partial charge in [-0.25, -0.2) is 19.3 Å². The lowest BCUT2D eigenvalue weighted by Gasteiger charge is -2.39. The molecular weight excluding hydrogens is 479 g/mol. The Morgan fingerprint density at radius 2 is 1.95 bits per heavy atom. The first-order valence-corrected chi connectivity index (χ1v) is 12.1. The molecule has 4 heterocycles. The third kappa shape index (κ3) is 5.38. The maximum absolute atomic E-state index is 13.6. The first kappa shape index (κ1) is 25.0. The van der Waals surface area contributed by atoms with E-state index in [2.05, 4.69) is 26.8 Å². The molecule has 37 heavy (non-hydrogen) atoms. The smallest absolute Gasteiger partial charge is 0.233 e. The molecule has 0 bridgehead atoms. The van der Waals surface area contributed by atoms with Gasteiger partial charge in [-0.15, -0.1) is 6.58 Å². The zero-order valence-corrected chi connectivity index (χ0v) is 20.6. The number of aromatic nitrogens is 4. The van der Waals surface area contributed by atoms with Gasteiger partial charge in [0.1, 0.15) is 5.82 Å². The van der Waals surface area contributed by atoms with Crippen molar-refractivity contribution in [3.05, 3.63) is 60.8 Å². The summed E-state index contributed by atoms with van der Waals surface area (Å²) < 4.78 is 31.0. The molecule has 10 nitrogen and oxygen atoms in total. The maximum Gasteiger partial charge on any atom is 0.233 e. The summed E-state index contributed by atoms with van der Waals surface area (Å²) >= 11 is 0. The number of H-pyrrole nitrogens is 1. The van der Waals surface area contributed by atoms with Crippen LogP contribution < -0.4 is 5.32 Å². The number of hydrogen-bond acceptors (Lipinski definition) is 8. The Bertz CT molecular complexity index is 1250. The Balaban J connectivity index is 1.41. The zero-order chi connectivity index (χ0) is 25.8. The lowest BCUT2D eigenvalue weighted by atomic mass is 9.90. The number of halogens is 1. The Hall–Kier alpha value is -3.67. The van der Waals surface area contributed by atoms with Gasteiger partial charge in [0, 0.05) is 31.4 Å². The van der Waals surface area contributed by atoms with Crippen molar-refractivity contribution in [2.24, 2.45) is 5.41 Å². The van der Waals surface area contributed by atoms with E-state index in [0.29, 0.717) is 67.3 Å². The van der Waals surface area contributed by atoms with Gasteiger partial charge in [0.05, 0.1) is 48.9 Å². The van der Waals surface area contributed by atoms with Crippen molar-refractivity contribution in [3.8, 4) is 22.6 Å². The second-order valence-electron chi connectivity index (χ2n) is 9.21. The Kier molecular flexibility index (Phi) is 7.26. The van der Waals surface area contributed by atoms with E-state index in [4.69, 9.17) is 19.2 Å². The minimum Gasteiger partial charge on any atom is -0.378 e. The van der Waals surface area contributed by atoms with Crippen molar-refractivity contribution < 1.29 is 23.4 Å². The number of anilines is 1. The van der Waals surface area contributed by atoms with Crippen molar-refractivity contribution in [2.75, 3.05) is 51.4 Å². The molecule has 0 unspecified atom stereocenters. The van der Waals surface area contributed by atoms with E-state index < -0.39 is 11.7 Å². The first-order chi connectivity index (χ1) is 18.0. The average molecular weight is 509 g/mol. The largest absolute Gasteiger partial charge is 0.378 e. The molecule has 5 rings (SSSR count). The molecule has 2 aliphatic rings. The van der Waals surface area contributed by atoms with Gasteiger partial charge in [0.25, 0.3) is 0 Å². The number of morpholine rings is 1. The number of imidazole rings is 1. The predicted molar refractivity (Wildman–Crippen MR) is 134 cm³/mol. The molecular formula is C26H29FN6O4. The predicted octanol–water partition coefficient (Wildman–Crippen LogP) is 3.18. The highest BCUT2D eigenvalue weighted by Crippen LogP contribution is 2.36. The Labute approximate surface area is 213 Å². The molecule has 2 N–H and O–H groups in total. The lowest BCUT2D eigenvalue weighted by Crippen LogP contribution is -2.53. The summed E-state index contributed by atoms with van der Waals surface area (Å²) in [6.07, 6.45) is 2.54. The maximum atomic E-state index is 13.6. The molecule has 2 saturated heterocycles. The van der Waals surface area contributed by atoms with Crippen LogP contribution in [0.3, 0.4) is 0 Å². The summed E-state index contributed by atoms with van der Waals surface area (Å²) in [4.78, 5) is 31.8. The van der Waals surface area contributed by atoms with Gasteiger partial charge in [0.15, 0.2) is 5.82 Å². The third-order valence-corrected chi connectivity index (χ3v) is 6.30. The SMILES string of the molecule is C=CCNc1nccc(-c2[nH]c(C3OCC(C)(C(=O)N4CCOCC4)CO3)nc2-c2ccc(F)cc2)n1. The van der Waals surface area contributed by atoms with E-state index >= 15 is 0 Å². The average Bonchev–Trinajstić information content (AvgIpc) is 3.38. The van der Waals surface area contributed by atoms with Crippen LogP contribution in [0.1, 0.15) is 19.0 Å². The number of amides is 1. The highest BCUT2D eigenvalue weighted by atomic mass is 19.1. The van der Waals surface area contributed by atoms with Crippen LogP contribution in [0.2, 0.25) is 0 Å². The van der Waals surface area contributed by atoms with Crippen LogP contribution in [0.15, 0.2) is 49.2 Å². The molecule has 1 amide bonds. The summed E-state index contributed by atoms with van der Waals surface area (Å²) in [6, 6.07) is 7.81. The van der Waals surface area contributed by atoms with Crippen molar-refractivity contribution >= 4 is 11.9 Å². The number of hydrogen-bond donors (Lipinski definition) is 2. The Morgan fingerprint density at radius 1 is 1.22 bits per heavy atom. The van der Waals surface area contributed by atoms with Crippen LogP contribution in [0.5, 0.6) is 0 Å². The van der Waals surface area contributed by atoms with E-state index in [1.165, 1.54) is 12.1 Å². The summed E-state index contributed by atoms with van der Waals surface area (Å²) in [5.41, 5.74) is 1.65. The molecule has 0 atom stereocenters. The normalized spacial score (nSPS) is 22.0. The fourth-order valence-electron chi connectivity index (χ4n) is 4.29. The minimum atomic E-state index is -0.807. The molecule has 1 aromatic carbocycles. The number of carbonyl (C=O) groups excluding carboxylic acids is 1. The van der Waals surface area contributed by atoms with Crippen molar-refractivity contribution in [3.63, 3.8) is 0 Å². The standard InChI is InChI=1S/C26H29FN6O4/c1-3-9-28-25-29-10-8-19(30-25)21-20(17-4-6-18(27)7-5-17)31-22(32-21)23-36-15-26(2,16-37-23)24(34)33-11-13-35-14-12-33/h3-8,10,23H,1,9,11-16H2,2H3,(H,31,32)(H,28,29,30). The molecule has 2 aliphatic heterocycles. The second-order valence-corrected chi connectivity index (χ2v) is 9.21. The van der Waals surface area contributed by atoms with Crippen LogP contribution in [0, 0.1) is 11.2 Å². The van der Waals surface area contributed by atoms with Gasteiger partial charge < -0.3 is 29.4 Å². The highest BCUT2D eigenvalue weighted by molar-refractivity contribution is 5.83. The van der Waals surface area contributed by atoms with Crippen LogP contribution in [-0.2, 0) is 19.0 Å². The molecule has 3 aromatic rings. The van der Waals surface area contributed by atoms with Crippen molar-refractivity contribution in [2.45, 2.75) is 13.2 Å². The van der Waals surface area contributed by atoms with Crippen molar-refractivity contribution in [1.29, 1.82) is 0 Å². The third-order valence-electron chi connectivity index (χ3n) is 6.30. The molecule has 194 valence electrons. The number of ether oxygens (including phenoxy) is 3. The molecule has 0 radical (unpaired) electrons. The van der Waals surface area contributed by atoms with Crippen LogP contribution in [0.25, 0.3) is 22.6 Å². The highest BCUT2D eigenvalue weighted by Gasteiger charge is 2.43. The quantitative estimate of drug-likeness (QED) is 0.468. The van der Waals surface area contributed by atoms with Crippen molar-refractivity contribution in [1.82, 2.24) is 24.8 Å². The van der Waals surface area contributed by atoms with Gasteiger partial charge in [0.2, 0.25) is 18.1 Å². The monoisotopic (exact) mass is 508 g/mol. The van der Waals surface area contributed by atoms with E-state index in [1.54, 1.807) is 35.4 Å². The van der Waals surface area contributed by atoms with E-state index in [-0.39, 0.29) is 24.9 Å².